The highest BCUT2D eigenvalue weighted by atomic mass is 19.2. The van der Waals surface area contributed by atoms with E-state index >= 15 is 0 Å². The topological polar surface area (TPSA) is 67.5 Å². The van der Waals surface area contributed by atoms with Crippen molar-refractivity contribution < 1.29 is 13.6 Å². The first-order valence-electron chi connectivity index (χ1n) is 6.13. The zero-order valence-corrected chi connectivity index (χ0v) is 11.2. The van der Waals surface area contributed by atoms with Crippen molar-refractivity contribution in [2.24, 2.45) is 5.10 Å². The van der Waals surface area contributed by atoms with Crippen molar-refractivity contribution in [2.75, 3.05) is 5.73 Å². The van der Waals surface area contributed by atoms with E-state index < -0.39 is 17.5 Å². The van der Waals surface area contributed by atoms with Crippen LogP contribution in [0, 0.1) is 11.6 Å². The molecule has 4 nitrogen and oxygen atoms in total. The van der Waals surface area contributed by atoms with Crippen LogP contribution < -0.4 is 11.2 Å². The Morgan fingerprint density at radius 2 is 1.67 bits per heavy atom. The lowest BCUT2D eigenvalue weighted by Crippen LogP contribution is -2.19. The number of hydrazone groups is 1. The Morgan fingerprint density at radius 3 is 2.29 bits per heavy atom. The number of nitrogen functional groups attached to an aromatic ring is 1. The fourth-order valence-corrected chi connectivity index (χ4v) is 1.62. The van der Waals surface area contributed by atoms with E-state index in [2.05, 4.69) is 10.5 Å². The number of amides is 1. The van der Waals surface area contributed by atoms with E-state index in [0.29, 0.717) is 22.5 Å². The quantitative estimate of drug-likeness (QED) is 0.518. The first kappa shape index (κ1) is 14.6. The Kier molecular flexibility index (Phi) is 4.27. The maximum Gasteiger partial charge on any atom is 0.271 e. The van der Waals surface area contributed by atoms with Gasteiger partial charge >= 0.3 is 0 Å². The molecule has 2 aromatic rings. The third-order valence-electron chi connectivity index (χ3n) is 2.84. The smallest absolute Gasteiger partial charge is 0.271 e. The summed E-state index contributed by atoms with van der Waals surface area (Å²) >= 11 is 0. The molecular weight excluding hydrogens is 276 g/mol. The lowest BCUT2D eigenvalue weighted by Gasteiger charge is -2.04. The molecule has 2 rings (SSSR count). The van der Waals surface area contributed by atoms with Crippen molar-refractivity contribution in [3.05, 3.63) is 65.2 Å². The zero-order valence-electron chi connectivity index (χ0n) is 11.2. The summed E-state index contributed by atoms with van der Waals surface area (Å²) in [6.07, 6.45) is 0. The Labute approximate surface area is 120 Å². The van der Waals surface area contributed by atoms with Gasteiger partial charge in [0.15, 0.2) is 11.6 Å². The highest BCUT2D eigenvalue weighted by Gasteiger charge is 2.07. The fraction of sp³-hybridized carbons (Fsp3) is 0.0667. The van der Waals surface area contributed by atoms with Gasteiger partial charge in [0.05, 0.1) is 5.71 Å². The van der Waals surface area contributed by atoms with Gasteiger partial charge in [-0.1, -0.05) is 0 Å². The van der Waals surface area contributed by atoms with Crippen LogP contribution in [0.25, 0.3) is 0 Å². The van der Waals surface area contributed by atoms with Crippen LogP contribution in [0.1, 0.15) is 22.8 Å². The number of nitrogens with two attached hydrogens (primary N) is 1. The molecule has 0 aliphatic rings. The minimum atomic E-state index is -0.966. The standard InChI is InChI=1S/C15H13F2N3O/c1-9(11-4-7-13(16)14(17)8-11)19-20-15(21)10-2-5-12(18)6-3-10/h2-8H,18H2,1H3,(H,20,21)/b19-9-. The number of carbonyl (C=O) groups is 1. The number of hydrogen-bond donors (Lipinski definition) is 2. The van der Waals surface area contributed by atoms with Gasteiger partial charge in [-0.05, 0) is 49.4 Å². The van der Waals surface area contributed by atoms with Crippen molar-refractivity contribution in [2.45, 2.75) is 6.92 Å². The average Bonchev–Trinajstić information content (AvgIpc) is 2.48. The lowest BCUT2D eigenvalue weighted by molar-refractivity contribution is 0.0955. The predicted octanol–water partition coefficient (Wildman–Crippen LogP) is 2.70. The van der Waals surface area contributed by atoms with Crippen molar-refractivity contribution in [1.82, 2.24) is 5.43 Å². The van der Waals surface area contributed by atoms with Crippen LogP contribution in [-0.2, 0) is 0 Å². The fourth-order valence-electron chi connectivity index (χ4n) is 1.62. The van der Waals surface area contributed by atoms with Gasteiger partial charge in [-0.25, -0.2) is 14.2 Å². The van der Waals surface area contributed by atoms with Crippen molar-refractivity contribution in [3.63, 3.8) is 0 Å². The van der Waals surface area contributed by atoms with Gasteiger partial charge in [0.1, 0.15) is 0 Å². The van der Waals surface area contributed by atoms with Gasteiger partial charge in [0, 0.05) is 16.8 Å². The molecule has 0 aromatic heterocycles. The Hall–Kier alpha value is -2.76. The molecule has 0 atom stereocenters. The average molecular weight is 289 g/mol. The summed E-state index contributed by atoms with van der Waals surface area (Å²) < 4.78 is 25.9. The number of benzene rings is 2. The molecule has 1 amide bonds. The molecule has 0 radical (unpaired) electrons. The molecule has 108 valence electrons. The monoisotopic (exact) mass is 289 g/mol. The summed E-state index contributed by atoms with van der Waals surface area (Å²) in [5.74, 6) is -2.32. The largest absolute Gasteiger partial charge is 0.399 e. The lowest BCUT2D eigenvalue weighted by atomic mass is 10.1. The first-order valence-corrected chi connectivity index (χ1v) is 6.13. The number of nitrogens with zero attached hydrogens (tertiary/aromatic N) is 1. The van der Waals surface area contributed by atoms with Crippen molar-refractivity contribution in [3.8, 4) is 0 Å². The maximum absolute atomic E-state index is 13.1. The van der Waals surface area contributed by atoms with Gasteiger partial charge in [0.25, 0.3) is 5.91 Å². The Balaban J connectivity index is 2.10. The predicted molar refractivity (Wildman–Crippen MR) is 76.9 cm³/mol. The normalized spacial score (nSPS) is 11.3. The van der Waals surface area contributed by atoms with Gasteiger partial charge < -0.3 is 5.73 Å². The van der Waals surface area contributed by atoms with Gasteiger partial charge in [-0.3, -0.25) is 4.79 Å². The molecule has 0 aliphatic carbocycles. The second kappa shape index (κ2) is 6.13. The van der Waals surface area contributed by atoms with Crippen molar-refractivity contribution in [1.29, 1.82) is 0 Å². The van der Waals surface area contributed by atoms with Crippen LogP contribution >= 0.6 is 0 Å². The Bertz CT molecular complexity index is 697. The summed E-state index contributed by atoms with van der Waals surface area (Å²) in [7, 11) is 0. The summed E-state index contributed by atoms with van der Waals surface area (Å²) in [6, 6.07) is 9.73. The number of hydrogen-bond acceptors (Lipinski definition) is 3. The number of anilines is 1. The highest BCUT2D eigenvalue weighted by molar-refractivity contribution is 6.00. The molecule has 2 aromatic carbocycles. The van der Waals surface area contributed by atoms with Gasteiger partial charge in [-0.15, -0.1) is 0 Å². The molecule has 0 unspecified atom stereocenters. The minimum Gasteiger partial charge on any atom is -0.399 e. The zero-order chi connectivity index (χ0) is 15.4. The maximum atomic E-state index is 13.1. The molecule has 6 heteroatoms. The first-order chi connectivity index (χ1) is 9.97. The Morgan fingerprint density at radius 1 is 1.05 bits per heavy atom. The molecule has 3 N–H and O–H groups in total. The van der Waals surface area contributed by atoms with Crippen molar-refractivity contribution >= 4 is 17.3 Å². The summed E-state index contributed by atoms with van der Waals surface area (Å²) in [4.78, 5) is 11.8. The summed E-state index contributed by atoms with van der Waals surface area (Å²) in [5.41, 5.74) is 9.55. The number of rotatable bonds is 3. The van der Waals surface area contributed by atoms with Crippen LogP contribution in [-0.4, -0.2) is 11.6 Å². The van der Waals surface area contributed by atoms with Crippen LogP contribution in [0.3, 0.4) is 0 Å². The van der Waals surface area contributed by atoms with E-state index in [4.69, 9.17) is 5.73 Å². The third kappa shape index (κ3) is 3.62. The molecule has 0 spiro atoms. The highest BCUT2D eigenvalue weighted by Crippen LogP contribution is 2.10. The second-order valence-electron chi connectivity index (χ2n) is 4.39. The molecule has 0 saturated heterocycles. The number of halogens is 2. The van der Waals surface area contributed by atoms with E-state index in [1.54, 1.807) is 31.2 Å². The van der Waals surface area contributed by atoms with E-state index in [1.165, 1.54) is 6.07 Å². The van der Waals surface area contributed by atoms with Gasteiger partial charge in [0.2, 0.25) is 0 Å². The molecule has 0 aliphatic heterocycles. The van der Waals surface area contributed by atoms with Crippen LogP contribution in [0.4, 0.5) is 14.5 Å². The van der Waals surface area contributed by atoms with Crippen LogP contribution in [0.2, 0.25) is 0 Å². The number of carbonyl (C=O) groups excluding carboxylic acids is 1. The van der Waals surface area contributed by atoms with Crippen LogP contribution in [0.15, 0.2) is 47.6 Å². The minimum absolute atomic E-state index is 0.359. The van der Waals surface area contributed by atoms with E-state index in [9.17, 15) is 13.6 Å². The SMILES string of the molecule is C/C(=N/NC(=O)c1ccc(N)cc1)c1ccc(F)c(F)c1. The summed E-state index contributed by atoms with van der Waals surface area (Å²) in [5, 5.41) is 3.86. The number of nitrogens with one attached hydrogen (secondary N) is 1. The van der Waals surface area contributed by atoms with Gasteiger partial charge in [-0.2, -0.15) is 5.10 Å². The molecule has 0 bridgehead atoms. The summed E-state index contributed by atoms with van der Waals surface area (Å²) in [6.45, 7) is 1.58. The van der Waals surface area contributed by atoms with E-state index in [0.717, 1.165) is 12.1 Å². The molecule has 21 heavy (non-hydrogen) atoms. The molecule has 0 fully saturated rings. The van der Waals surface area contributed by atoms with E-state index in [1.807, 2.05) is 0 Å². The third-order valence-corrected chi connectivity index (χ3v) is 2.84. The van der Waals surface area contributed by atoms with E-state index in [-0.39, 0.29) is 0 Å². The second-order valence-corrected chi connectivity index (χ2v) is 4.39. The molecule has 0 heterocycles. The molecule has 0 saturated carbocycles. The van der Waals surface area contributed by atoms with Crippen LogP contribution in [0.5, 0.6) is 0 Å². The molecular formula is C15H13F2N3O.